The first-order valence-electron chi connectivity index (χ1n) is 4.55. The highest BCUT2D eigenvalue weighted by molar-refractivity contribution is 7.49. The molecule has 82 valence electrons. The van der Waals surface area contributed by atoms with E-state index in [9.17, 15) is 0 Å². The van der Waals surface area contributed by atoms with Crippen molar-refractivity contribution >= 4 is 13.8 Å². The number of rotatable bonds is 0. The molecule has 0 radical (unpaired) electrons. The Morgan fingerprint density at radius 3 is 2.47 bits per heavy atom. The zero-order valence-corrected chi connectivity index (χ0v) is 9.10. The molecule has 0 fully saturated rings. The lowest BCUT2D eigenvalue weighted by molar-refractivity contribution is 0.374. The van der Waals surface area contributed by atoms with Crippen molar-refractivity contribution in [2.75, 3.05) is 0 Å². The van der Waals surface area contributed by atoms with Gasteiger partial charge in [0.25, 0.3) is 0 Å². The molecule has 4 N–H and O–H groups in total. The molecule has 0 aliphatic heterocycles. The molecule has 0 spiro atoms. The number of nitrogens with two attached hydrogens (primary N) is 1. The van der Waals surface area contributed by atoms with Crippen molar-refractivity contribution in [1.29, 1.82) is 0 Å². The van der Waals surface area contributed by atoms with E-state index in [4.69, 9.17) is 14.4 Å². The predicted molar refractivity (Wildman–Crippen MR) is 60.0 cm³/mol. The Labute approximate surface area is 88.6 Å². The van der Waals surface area contributed by atoms with Crippen LogP contribution in [0, 0.1) is 0 Å². The number of aryl methyl sites for hydroxylation is 1. The largest absolute Gasteiger partial charge is 0.397 e. The first kappa shape index (κ1) is 12.1. The second-order valence-corrected chi connectivity index (χ2v) is 4.41. The van der Waals surface area contributed by atoms with Gasteiger partial charge in [0.1, 0.15) is 0 Å². The summed E-state index contributed by atoms with van der Waals surface area (Å²) in [7, 11) is -4.14. The van der Waals surface area contributed by atoms with Crippen LogP contribution in [0.3, 0.4) is 0 Å². The van der Waals surface area contributed by atoms with E-state index in [-0.39, 0.29) is 0 Å². The Morgan fingerprint density at radius 2 is 1.87 bits per heavy atom. The van der Waals surface area contributed by atoms with Crippen molar-refractivity contribution in [3.05, 3.63) is 41.5 Å². The van der Waals surface area contributed by atoms with Gasteiger partial charge in [0.2, 0.25) is 0 Å². The van der Waals surface area contributed by atoms with Crippen LogP contribution in [-0.2, 0) is 11.0 Å². The minimum absolute atomic E-state index is 1.21. The summed E-state index contributed by atoms with van der Waals surface area (Å²) in [5.41, 5.74) is 6.91. The highest BCUT2D eigenvalue weighted by Crippen LogP contribution is 2.20. The number of allylic oxidation sites excluding steroid dienone is 1. The van der Waals surface area contributed by atoms with Gasteiger partial charge < -0.3 is 9.79 Å². The van der Waals surface area contributed by atoms with Gasteiger partial charge in [-0.2, -0.15) is 0 Å². The molecule has 2 rings (SSSR count). The number of fused-ring (bicyclic) bond motifs is 1. The van der Waals surface area contributed by atoms with E-state index in [1.807, 2.05) is 0 Å². The zero-order valence-electron chi connectivity index (χ0n) is 8.21. The Balaban J connectivity index is 0.000000195. The average molecular weight is 227 g/mol. The van der Waals surface area contributed by atoms with Crippen molar-refractivity contribution in [2.24, 2.45) is 5.50 Å². The van der Waals surface area contributed by atoms with Gasteiger partial charge in [0.05, 0.1) is 0 Å². The smallest absolute Gasteiger partial charge is 0.313 e. The fourth-order valence-corrected chi connectivity index (χ4v) is 1.37. The monoisotopic (exact) mass is 227 g/mol. The first-order chi connectivity index (χ1) is 6.97. The molecule has 0 heterocycles. The third-order valence-corrected chi connectivity index (χ3v) is 1.93. The Bertz CT molecular complexity index is 389. The molecule has 1 aliphatic rings. The van der Waals surface area contributed by atoms with E-state index in [1.54, 1.807) is 0 Å². The average Bonchev–Trinajstić information content (AvgIpc) is 2.16. The summed E-state index contributed by atoms with van der Waals surface area (Å²) in [5, 5.41) is 0. The minimum Gasteiger partial charge on any atom is -0.313 e. The van der Waals surface area contributed by atoms with Crippen LogP contribution in [0.15, 0.2) is 30.3 Å². The molecular weight excluding hydrogens is 213 g/mol. The van der Waals surface area contributed by atoms with Gasteiger partial charge in [0.15, 0.2) is 0 Å². The lowest BCUT2D eigenvalue weighted by Crippen LogP contribution is -1.91. The molecule has 0 amide bonds. The maximum absolute atomic E-state index is 9.10. The molecule has 0 saturated heterocycles. The second kappa shape index (κ2) is 5.24. The molecule has 1 aliphatic carbocycles. The van der Waals surface area contributed by atoms with E-state index in [0.29, 0.717) is 0 Å². The molecule has 0 bridgehead atoms. The molecule has 0 saturated carbocycles. The van der Waals surface area contributed by atoms with Gasteiger partial charge in [-0.1, -0.05) is 36.4 Å². The van der Waals surface area contributed by atoms with Crippen molar-refractivity contribution < 1.29 is 14.4 Å². The van der Waals surface area contributed by atoms with Crippen LogP contribution >= 0.6 is 7.75 Å². The summed E-state index contributed by atoms with van der Waals surface area (Å²) in [5.74, 6) is 0. The predicted octanol–water partition coefficient (Wildman–Crippen LogP) is 1.68. The molecule has 5 heteroatoms. The zero-order chi connectivity index (χ0) is 11.3. The summed E-state index contributed by atoms with van der Waals surface area (Å²) in [4.78, 5) is 14.8. The third kappa shape index (κ3) is 5.50. The molecule has 0 aromatic heterocycles. The fraction of sp³-hybridized carbons (Fsp3) is 0.200. The lowest BCUT2D eigenvalue weighted by Gasteiger charge is -2.07. The Morgan fingerprint density at radius 1 is 1.27 bits per heavy atom. The number of benzene rings is 1. The van der Waals surface area contributed by atoms with Gasteiger partial charge in [0, 0.05) is 0 Å². The molecule has 0 atom stereocenters. The van der Waals surface area contributed by atoms with Crippen LogP contribution in [0.25, 0.3) is 6.08 Å². The molecule has 4 nitrogen and oxygen atoms in total. The first-order valence-corrected chi connectivity index (χ1v) is 6.23. The van der Waals surface area contributed by atoms with Crippen LogP contribution < -0.4 is 5.50 Å². The van der Waals surface area contributed by atoms with E-state index in [2.05, 4.69) is 41.9 Å². The maximum atomic E-state index is 9.10. The van der Waals surface area contributed by atoms with E-state index >= 15 is 0 Å². The van der Waals surface area contributed by atoms with Crippen LogP contribution in [-0.4, -0.2) is 9.79 Å². The summed E-state index contributed by atoms with van der Waals surface area (Å²) < 4.78 is 9.10. The highest BCUT2D eigenvalue weighted by Gasteiger charge is 2.00. The van der Waals surface area contributed by atoms with Crippen molar-refractivity contribution in [3.8, 4) is 0 Å². The number of hydrogen-bond donors (Lipinski definition) is 3. The molecule has 1 aromatic rings. The quantitative estimate of drug-likeness (QED) is 0.589. The summed E-state index contributed by atoms with van der Waals surface area (Å²) in [6, 6.07) is 8.58. The SMILES string of the molecule is C1=Cc2ccccc2CC1.NP(=O)(O)O. The normalized spacial score (nSPS) is 13.8. The van der Waals surface area contributed by atoms with E-state index in [1.165, 1.54) is 24.0 Å². The Kier molecular flexibility index (Phi) is 4.24. The molecule has 15 heavy (non-hydrogen) atoms. The molecule has 0 unspecified atom stereocenters. The topological polar surface area (TPSA) is 83.6 Å². The van der Waals surface area contributed by atoms with Crippen LogP contribution in [0.4, 0.5) is 0 Å². The van der Waals surface area contributed by atoms with Crippen molar-refractivity contribution in [2.45, 2.75) is 12.8 Å². The molecular formula is C10H14NO3P. The van der Waals surface area contributed by atoms with Crippen LogP contribution in [0.5, 0.6) is 0 Å². The summed E-state index contributed by atoms with van der Waals surface area (Å²) >= 11 is 0. The second-order valence-electron chi connectivity index (χ2n) is 3.23. The van der Waals surface area contributed by atoms with Gasteiger partial charge in [-0.05, 0) is 24.0 Å². The maximum Gasteiger partial charge on any atom is 0.397 e. The third-order valence-electron chi connectivity index (χ3n) is 1.93. The summed E-state index contributed by atoms with van der Waals surface area (Å²) in [6.45, 7) is 0. The summed E-state index contributed by atoms with van der Waals surface area (Å²) in [6.07, 6.45) is 6.87. The van der Waals surface area contributed by atoms with Gasteiger partial charge in [-0.15, -0.1) is 0 Å². The van der Waals surface area contributed by atoms with Crippen LogP contribution in [0.1, 0.15) is 17.5 Å². The van der Waals surface area contributed by atoms with Crippen LogP contribution in [0.2, 0.25) is 0 Å². The van der Waals surface area contributed by atoms with Crippen molar-refractivity contribution in [1.82, 2.24) is 0 Å². The Hall–Kier alpha value is -0.930. The van der Waals surface area contributed by atoms with Gasteiger partial charge in [-0.25, -0.2) is 10.1 Å². The standard InChI is InChI=1S/C10H10.H4NO3P/c1-2-6-10-8-4-3-7-9(10)5-1;1-5(2,3)4/h1-3,5-7H,4,8H2;(H4,1,2,3,4). The number of hydrogen-bond acceptors (Lipinski definition) is 1. The van der Waals surface area contributed by atoms with Gasteiger partial charge in [-0.3, -0.25) is 0 Å². The lowest BCUT2D eigenvalue weighted by atomic mass is 9.98. The molecule has 1 aromatic carbocycles. The fourth-order valence-electron chi connectivity index (χ4n) is 1.37. The van der Waals surface area contributed by atoms with E-state index < -0.39 is 7.75 Å². The van der Waals surface area contributed by atoms with E-state index in [0.717, 1.165) is 0 Å². The highest BCUT2D eigenvalue weighted by atomic mass is 31.2. The van der Waals surface area contributed by atoms with Crippen molar-refractivity contribution in [3.63, 3.8) is 0 Å². The van der Waals surface area contributed by atoms with Gasteiger partial charge >= 0.3 is 7.75 Å². The minimum atomic E-state index is -4.14.